The van der Waals surface area contributed by atoms with E-state index >= 15 is 0 Å². The van der Waals surface area contributed by atoms with Crippen molar-refractivity contribution in [3.8, 4) is 0 Å². The Morgan fingerprint density at radius 1 is 1.21 bits per heavy atom. The molecule has 28 heavy (non-hydrogen) atoms. The molecule has 152 valence electrons. The third kappa shape index (κ3) is 3.88. The van der Waals surface area contributed by atoms with Gasteiger partial charge in [-0.25, -0.2) is 9.78 Å². The highest BCUT2D eigenvalue weighted by Crippen LogP contribution is 2.33. The monoisotopic (exact) mass is 384 g/mol. The number of hydrogen-bond acceptors (Lipinski definition) is 4. The smallest absolute Gasteiger partial charge is 0.410 e. The molecule has 1 aromatic heterocycles. The lowest BCUT2D eigenvalue weighted by Gasteiger charge is -2.25. The zero-order valence-corrected chi connectivity index (χ0v) is 17.4. The van der Waals surface area contributed by atoms with Crippen molar-refractivity contribution in [2.24, 2.45) is 5.92 Å². The van der Waals surface area contributed by atoms with Crippen molar-refractivity contribution in [2.75, 3.05) is 26.7 Å². The van der Waals surface area contributed by atoms with Gasteiger partial charge < -0.3 is 14.2 Å². The van der Waals surface area contributed by atoms with Gasteiger partial charge in [-0.15, -0.1) is 0 Å². The summed E-state index contributed by atoms with van der Waals surface area (Å²) in [4.78, 5) is 21.0. The number of aryl methyl sites for hydroxylation is 1. The summed E-state index contributed by atoms with van der Waals surface area (Å²) >= 11 is 0. The number of rotatable bonds is 5. The number of likely N-dealkylation sites (tertiary alicyclic amines) is 1. The lowest BCUT2D eigenvalue weighted by molar-refractivity contribution is 0.0442. The molecular formula is C22H32N4O2. The summed E-state index contributed by atoms with van der Waals surface area (Å²) < 4.78 is 8.16. The molecule has 0 bridgehead atoms. The van der Waals surface area contributed by atoms with Crippen LogP contribution in [0.1, 0.15) is 45.4 Å². The van der Waals surface area contributed by atoms with Crippen molar-refractivity contribution >= 4 is 17.1 Å². The van der Waals surface area contributed by atoms with Gasteiger partial charge in [0, 0.05) is 26.6 Å². The minimum Gasteiger partial charge on any atom is -0.441 e. The molecule has 6 heteroatoms. The lowest BCUT2D eigenvalue weighted by atomic mass is 9.95. The first-order valence-corrected chi connectivity index (χ1v) is 10.6. The van der Waals surface area contributed by atoms with Crippen LogP contribution in [-0.2, 0) is 17.8 Å². The second-order valence-electron chi connectivity index (χ2n) is 8.89. The number of amides is 1. The van der Waals surface area contributed by atoms with Crippen molar-refractivity contribution in [2.45, 2.75) is 58.2 Å². The number of likely N-dealkylation sites (N-methyl/N-ethyl adjacent to an activating group) is 1. The SMILES string of the molecule is CC(C)CCn1c(CN2CCC[C@@]3(CC2)CN(C)C(=O)O3)nc2ccccc21. The molecule has 2 aliphatic heterocycles. The predicted molar refractivity (Wildman–Crippen MR) is 110 cm³/mol. The fourth-order valence-electron chi connectivity index (χ4n) is 4.52. The minimum absolute atomic E-state index is 0.177. The first kappa shape index (κ1) is 19.2. The van der Waals surface area contributed by atoms with E-state index in [2.05, 4.69) is 47.6 Å². The van der Waals surface area contributed by atoms with Gasteiger partial charge in [-0.1, -0.05) is 26.0 Å². The summed E-state index contributed by atoms with van der Waals surface area (Å²) in [6, 6.07) is 8.44. The molecule has 2 fully saturated rings. The molecule has 6 nitrogen and oxygen atoms in total. The van der Waals surface area contributed by atoms with Crippen LogP contribution in [0.4, 0.5) is 4.79 Å². The largest absolute Gasteiger partial charge is 0.441 e. The highest BCUT2D eigenvalue weighted by Gasteiger charge is 2.44. The van der Waals surface area contributed by atoms with Crippen molar-refractivity contribution in [1.29, 1.82) is 0 Å². The number of imidazole rings is 1. The Kier molecular flexibility index (Phi) is 5.32. The number of para-hydroxylation sites is 2. The van der Waals surface area contributed by atoms with Gasteiger partial charge in [-0.3, -0.25) is 4.90 Å². The van der Waals surface area contributed by atoms with E-state index in [4.69, 9.17) is 9.72 Å². The third-order valence-corrected chi connectivity index (χ3v) is 6.16. The van der Waals surface area contributed by atoms with E-state index in [-0.39, 0.29) is 11.7 Å². The summed E-state index contributed by atoms with van der Waals surface area (Å²) in [5.41, 5.74) is 2.02. The van der Waals surface area contributed by atoms with Crippen LogP contribution in [0.15, 0.2) is 24.3 Å². The van der Waals surface area contributed by atoms with Gasteiger partial charge in [-0.2, -0.15) is 0 Å². The Bertz CT molecular complexity index is 846. The zero-order chi connectivity index (χ0) is 19.7. The second kappa shape index (κ2) is 7.74. The van der Waals surface area contributed by atoms with E-state index in [0.29, 0.717) is 12.5 Å². The Balaban J connectivity index is 1.50. The first-order valence-electron chi connectivity index (χ1n) is 10.6. The standard InChI is InChI=1S/C22H32N4O2/c1-17(2)9-13-26-19-8-5-4-7-18(19)23-20(26)15-25-12-6-10-22(11-14-25)16-24(3)21(27)28-22/h4-5,7-8,17H,6,9-16H2,1-3H3/t22-/m1/s1. The van der Waals surface area contributed by atoms with E-state index in [9.17, 15) is 4.79 Å². The molecular weight excluding hydrogens is 352 g/mol. The lowest BCUT2D eigenvalue weighted by Crippen LogP contribution is -2.35. The van der Waals surface area contributed by atoms with Gasteiger partial charge in [0.05, 0.1) is 24.1 Å². The van der Waals surface area contributed by atoms with Crippen LogP contribution in [0.5, 0.6) is 0 Å². The summed E-state index contributed by atoms with van der Waals surface area (Å²) in [5, 5.41) is 0. The van der Waals surface area contributed by atoms with Crippen LogP contribution in [-0.4, -0.2) is 57.7 Å². The number of carbonyl (C=O) groups excluding carboxylic acids is 1. The van der Waals surface area contributed by atoms with E-state index in [1.807, 2.05) is 7.05 Å². The van der Waals surface area contributed by atoms with Gasteiger partial charge in [0.15, 0.2) is 0 Å². The molecule has 0 aliphatic carbocycles. The number of hydrogen-bond donors (Lipinski definition) is 0. The van der Waals surface area contributed by atoms with Gasteiger partial charge in [0.2, 0.25) is 0 Å². The fraction of sp³-hybridized carbons (Fsp3) is 0.636. The Hall–Kier alpha value is -2.08. The summed E-state index contributed by atoms with van der Waals surface area (Å²) in [5.74, 6) is 1.82. The molecule has 2 aromatic rings. The molecule has 4 rings (SSSR count). The number of carbonyl (C=O) groups is 1. The van der Waals surface area contributed by atoms with Gasteiger partial charge in [0.25, 0.3) is 0 Å². The van der Waals surface area contributed by atoms with Crippen LogP contribution in [0.2, 0.25) is 0 Å². The molecule has 1 aromatic carbocycles. The van der Waals surface area contributed by atoms with Crippen LogP contribution >= 0.6 is 0 Å². The van der Waals surface area contributed by atoms with Gasteiger partial charge >= 0.3 is 6.09 Å². The average Bonchev–Trinajstić information content (AvgIpc) is 3.06. The van der Waals surface area contributed by atoms with E-state index < -0.39 is 0 Å². The summed E-state index contributed by atoms with van der Waals surface area (Å²) in [6.45, 7) is 9.08. The number of fused-ring (bicyclic) bond motifs is 1. The number of nitrogens with zero attached hydrogens (tertiary/aromatic N) is 4. The predicted octanol–water partition coefficient (Wildman–Crippen LogP) is 3.89. The van der Waals surface area contributed by atoms with Crippen LogP contribution < -0.4 is 0 Å². The Labute approximate surface area is 167 Å². The Morgan fingerprint density at radius 2 is 2.04 bits per heavy atom. The van der Waals surface area contributed by atoms with Crippen molar-refractivity contribution < 1.29 is 9.53 Å². The highest BCUT2D eigenvalue weighted by atomic mass is 16.6. The molecule has 0 N–H and O–H groups in total. The second-order valence-corrected chi connectivity index (χ2v) is 8.89. The first-order chi connectivity index (χ1) is 13.5. The topological polar surface area (TPSA) is 50.6 Å². The Morgan fingerprint density at radius 3 is 2.79 bits per heavy atom. The summed E-state index contributed by atoms with van der Waals surface area (Å²) in [7, 11) is 1.83. The molecule has 1 amide bonds. The number of ether oxygens (including phenoxy) is 1. The maximum atomic E-state index is 11.9. The van der Waals surface area contributed by atoms with Crippen LogP contribution in [0.3, 0.4) is 0 Å². The minimum atomic E-state index is -0.293. The van der Waals surface area contributed by atoms with E-state index in [1.165, 1.54) is 5.52 Å². The molecule has 1 atom stereocenters. The van der Waals surface area contributed by atoms with Crippen molar-refractivity contribution in [1.82, 2.24) is 19.4 Å². The number of aromatic nitrogens is 2. The molecule has 0 saturated carbocycles. The molecule has 0 radical (unpaired) electrons. The van der Waals surface area contributed by atoms with E-state index in [1.54, 1.807) is 4.90 Å². The van der Waals surface area contributed by atoms with Crippen LogP contribution in [0.25, 0.3) is 11.0 Å². The molecule has 0 unspecified atom stereocenters. The fourth-order valence-corrected chi connectivity index (χ4v) is 4.52. The zero-order valence-electron chi connectivity index (χ0n) is 17.4. The molecule has 2 saturated heterocycles. The van der Waals surface area contributed by atoms with Crippen molar-refractivity contribution in [3.05, 3.63) is 30.1 Å². The molecule has 2 aliphatic rings. The van der Waals surface area contributed by atoms with Crippen molar-refractivity contribution in [3.63, 3.8) is 0 Å². The maximum absolute atomic E-state index is 11.9. The molecule has 1 spiro atoms. The van der Waals surface area contributed by atoms with E-state index in [0.717, 1.165) is 63.2 Å². The maximum Gasteiger partial charge on any atom is 0.410 e. The quantitative estimate of drug-likeness (QED) is 0.785. The van der Waals surface area contributed by atoms with Crippen LogP contribution in [0, 0.1) is 5.92 Å². The van der Waals surface area contributed by atoms with Gasteiger partial charge in [-0.05, 0) is 43.9 Å². The third-order valence-electron chi connectivity index (χ3n) is 6.16. The molecule has 3 heterocycles. The average molecular weight is 385 g/mol. The number of benzene rings is 1. The van der Waals surface area contributed by atoms with Gasteiger partial charge in [0.1, 0.15) is 11.4 Å². The normalized spacial score (nSPS) is 23.7. The summed E-state index contributed by atoms with van der Waals surface area (Å²) in [6.07, 6.45) is 3.87. The highest BCUT2D eigenvalue weighted by molar-refractivity contribution is 5.75.